The molecule has 3 heteroatoms. The van der Waals surface area contributed by atoms with E-state index < -0.39 is 0 Å². The summed E-state index contributed by atoms with van der Waals surface area (Å²) in [6.45, 7) is 4.28. The van der Waals surface area contributed by atoms with E-state index in [0.29, 0.717) is 12.4 Å². The van der Waals surface area contributed by atoms with E-state index in [0.717, 1.165) is 43.4 Å². The number of halogens is 1. The number of fused-ring (bicyclic) bond motifs is 1. The summed E-state index contributed by atoms with van der Waals surface area (Å²) in [4.78, 5) is 2.51. The molecule has 19 heavy (non-hydrogen) atoms. The van der Waals surface area contributed by atoms with E-state index in [2.05, 4.69) is 11.0 Å². The quantitative estimate of drug-likeness (QED) is 0.827. The minimum Gasteiger partial charge on any atom is -0.490 e. The molecule has 2 aliphatic rings. The summed E-state index contributed by atoms with van der Waals surface area (Å²) in [7, 11) is 0. The zero-order valence-corrected chi connectivity index (χ0v) is 11.5. The fraction of sp³-hybridized carbons (Fsp3) is 0.625. The summed E-state index contributed by atoms with van der Waals surface area (Å²) in [6, 6.07) is 3.80. The molecule has 0 bridgehead atoms. The van der Waals surface area contributed by atoms with Crippen molar-refractivity contribution in [3.8, 4) is 5.75 Å². The number of hydrogen-bond donors (Lipinski definition) is 0. The van der Waals surface area contributed by atoms with Gasteiger partial charge in [-0.15, -0.1) is 0 Å². The number of aryl methyl sites for hydroxylation is 2. The Bertz CT molecular complexity index is 441. The van der Waals surface area contributed by atoms with E-state index in [-0.39, 0.29) is 5.82 Å². The molecule has 1 aromatic carbocycles. The minimum atomic E-state index is -0.173. The summed E-state index contributed by atoms with van der Waals surface area (Å²) in [5.74, 6) is 0.322. The van der Waals surface area contributed by atoms with Crippen molar-refractivity contribution in [1.82, 2.24) is 4.90 Å². The van der Waals surface area contributed by atoms with Crippen LogP contribution in [0.25, 0.3) is 0 Å². The summed E-state index contributed by atoms with van der Waals surface area (Å²) in [5.41, 5.74) is 2.18. The Balaban J connectivity index is 1.59. The monoisotopic (exact) mass is 263 g/mol. The van der Waals surface area contributed by atoms with Gasteiger partial charge in [0.1, 0.15) is 0 Å². The second kappa shape index (κ2) is 5.91. The molecule has 2 heterocycles. The first-order valence-corrected chi connectivity index (χ1v) is 7.49. The van der Waals surface area contributed by atoms with E-state index in [1.54, 1.807) is 6.07 Å². The molecular formula is C16H22FNO. The molecule has 3 rings (SSSR count). The predicted octanol–water partition coefficient (Wildman–Crippen LogP) is 3.18. The van der Waals surface area contributed by atoms with Gasteiger partial charge >= 0.3 is 0 Å². The van der Waals surface area contributed by atoms with Crippen LogP contribution in [0.3, 0.4) is 0 Å². The molecule has 104 valence electrons. The van der Waals surface area contributed by atoms with E-state index in [1.807, 2.05) is 0 Å². The highest BCUT2D eigenvalue weighted by atomic mass is 19.1. The molecule has 0 N–H and O–H groups in total. The Morgan fingerprint density at radius 1 is 1.16 bits per heavy atom. The first-order valence-electron chi connectivity index (χ1n) is 7.49. The maximum atomic E-state index is 13.9. The molecule has 0 saturated carbocycles. The second-order valence-electron chi connectivity index (χ2n) is 5.67. The molecule has 0 spiro atoms. The van der Waals surface area contributed by atoms with Crippen LogP contribution in [0.5, 0.6) is 5.75 Å². The predicted molar refractivity (Wildman–Crippen MR) is 74.2 cm³/mol. The summed E-state index contributed by atoms with van der Waals surface area (Å²) in [6.07, 6.45) is 6.73. The Kier molecular flexibility index (Phi) is 4.02. The van der Waals surface area contributed by atoms with Crippen LogP contribution in [0, 0.1) is 5.82 Å². The van der Waals surface area contributed by atoms with Crippen molar-refractivity contribution in [3.05, 3.63) is 29.1 Å². The fourth-order valence-electron chi connectivity index (χ4n) is 3.15. The Morgan fingerprint density at radius 2 is 2.00 bits per heavy atom. The number of ether oxygens (including phenoxy) is 1. The highest BCUT2D eigenvalue weighted by molar-refractivity contribution is 5.40. The van der Waals surface area contributed by atoms with Crippen molar-refractivity contribution in [2.45, 2.75) is 38.5 Å². The lowest BCUT2D eigenvalue weighted by molar-refractivity contribution is 0.273. The lowest BCUT2D eigenvalue weighted by atomic mass is 10.0. The third-order valence-corrected chi connectivity index (χ3v) is 4.16. The number of likely N-dealkylation sites (tertiary alicyclic amines) is 1. The molecule has 0 unspecified atom stereocenters. The third kappa shape index (κ3) is 3.08. The SMILES string of the molecule is Fc1cc(CCCN2CCCC2)cc2c1OCCC2. The van der Waals surface area contributed by atoms with Crippen LogP contribution < -0.4 is 4.74 Å². The lowest BCUT2D eigenvalue weighted by Crippen LogP contribution is -2.20. The molecule has 0 atom stereocenters. The first kappa shape index (κ1) is 12.9. The van der Waals surface area contributed by atoms with Crippen LogP contribution in [0.1, 0.15) is 36.8 Å². The van der Waals surface area contributed by atoms with Crippen molar-refractivity contribution in [2.24, 2.45) is 0 Å². The zero-order chi connectivity index (χ0) is 13.1. The Labute approximate surface area is 114 Å². The van der Waals surface area contributed by atoms with Gasteiger partial charge in [-0.2, -0.15) is 0 Å². The molecule has 0 radical (unpaired) electrons. The highest BCUT2D eigenvalue weighted by Gasteiger charge is 2.16. The Hall–Kier alpha value is -1.09. The van der Waals surface area contributed by atoms with Gasteiger partial charge in [-0.1, -0.05) is 6.07 Å². The van der Waals surface area contributed by atoms with Crippen LogP contribution in [-0.4, -0.2) is 31.1 Å². The van der Waals surface area contributed by atoms with E-state index >= 15 is 0 Å². The van der Waals surface area contributed by atoms with Crippen molar-refractivity contribution < 1.29 is 9.13 Å². The van der Waals surface area contributed by atoms with Crippen molar-refractivity contribution >= 4 is 0 Å². The van der Waals surface area contributed by atoms with Gasteiger partial charge in [-0.05, 0) is 75.4 Å². The second-order valence-corrected chi connectivity index (χ2v) is 5.67. The Morgan fingerprint density at radius 3 is 2.84 bits per heavy atom. The van der Waals surface area contributed by atoms with Gasteiger partial charge in [0.15, 0.2) is 11.6 Å². The molecular weight excluding hydrogens is 241 g/mol. The molecule has 0 amide bonds. The van der Waals surface area contributed by atoms with Gasteiger partial charge in [0.05, 0.1) is 6.61 Å². The maximum Gasteiger partial charge on any atom is 0.165 e. The summed E-state index contributed by atoms with van der Waals surface area (Å²) < 4.78 is 19.3. The molecule has 0 aliphatic carbocycles. The number of rotatable bonds is 4. The van der Waals surface area contributed by atoms with Gasteiger partial charge in [-0.25, -0.2) is 4.39 Å². The first-order chi connectivity index (χ1) is 9.33. The van der Waals surface area contributed by atoms with Gasteiger partial charge < -0.3 is 9.64 Å². The fourth-order valence-corrected chi connectivity index (χ4v) is 3.15. The van der Waals surface area contributed by atoms with Crippen LogP contribution in [-0.2, 0) is 12.8 Å². The maximum absolute atomic E-state index is 13.9. The molecule has 1 saturated heterocycles. The largest absolute Gasteiger partial charge is 0.490 e. The van der Waals surface area contributed by atoms with Crippen LogP contribution >= 0.6 is 0 Å². The topological polar surface area (TPSA) is 12.5 Å². The zero-order valence-electron chi connectivity index (χ0n) is 11.5. The van der Waals surface area contributed by atoms with Gasteiger partial charge in [-0.3, -0.25) is 0 Å². The van der Waals surface area contributed by atoms with Crippen LogP contribution in [0.15, 0.2) is 12.1 Å². The van der Waals surface area contributed by atoms with Crippen molar-refractivity contribution in [3.63, 3.8) is 0 Å². The summed E-state index contributed by atoms with van der Waals surface area (Å²) >= 11 is 0. The standard InChI is InChI=1S/C16H22FNO/c17-15-12-13(5-3-9-18-7-1-2-8-18)11-14-6-4-10-19-16(14)15/h11-12H,1-10H2. The number of hydrogen-bond acceptors (Lipinski definition) is 2. The average molecular weight is 263 g/mol. The van der Waals surface area contributed by atoms with Gasteiger partial charge in [0.2, 0.25) is 0 Å². The minimum absolute atomic E-state index is 0.173. The van der Waals surface area contributed by atoms with E-state index in [9.17, 15) is 4.39 Å². The molecule has 1 aromatic rings. The summed E-state index contributed by atoms with van der Waals surface area (Å²) in [5, 5.41) is 0. The molecule has 0 aromatic heterocycles. The third-order valence-electron chi connectivity index (χ3n) is 4.16. The average Bonchev–Trinajstić information content (AvgIpc) is 2.92. The van der Waals surface area contributed by atoms with Crippen molar-refractivity contribution in [1.29, 1.82) is 0 Å². The van der Waals surface area contributed by atoms with Gasteiger partial charge in [0.25, 0.3) is 0 Å². The molecule has 1 fully saturated rings. The van der Waals surface area contributed by atoms with E-state index in [1.165, 1.54) is 25.9 Å². The van der Waals surface area contributed by atoms with Crippen LogP contribution in [0.2, 0.25) is 0 Å². The lowest BCUT2D eigenvalue weighted by Gasteiger charge is -2.19. The van der Waals surface area contributed by atoms with Crippen LogP contribution in [0.4, 0.5) is 4.39 Å². The molecule has 2 aliphatic heterocycles. The van der Waals surface area contributed by atoms with Gasteiger partial charge in [0, 0.05) is 0 Å². The number of nitrogens with zero attached hydrogens (tertiary/aromatic N) is 1. The number of benzene rings is 1. The van der Waals surface area contributed by atoms with Crippen molar-refractivity contribution in [2.75, 3.05) is 26.2 Å². The molecule has 2 nitrogen and oxygen atoms in total. The highest BCUT2D eigenvalue weighted by Crippen LogP contribution is 2.29. The van der Waals surface area contributed by atoms with E-state index in [4.69, 9.17) is 4.74 Å². The smallest absolute Gasteiger partial charge is 0.165 e. The normalized spacial score (nSPS) is 19.2.